The van der Waals surface area contributed by atoms with Gasteiger partial charge in [-0.15, -0.1) is 0 Å². The van der Waals surface area contributed by atoms with Crippen LogP contribution in [0.2, 0.25) is 0 Å². The molecule has 1 rings (SSSR count). The van der Waals surface area contributed by atoms with Crippen molar-refractivity contribution in [2.75, 3.05) is 27.3 Å². The first kappa shape index (κ1) is 18.2. The fourth-order valence-corrected chi connectivity index (χ4v) is 3.33. The molecule has 0 radical (unpaired) electrons. The average Bonchev–Trinajstić information content (AvgIpc) is 2.77. The highest BCUT2D eigenvalue weighted by Crippen LogP contribution is 2.23. The molecule has 1 aromatic rings. The second-order valence-electron chi connectivity index (χ2n) is 5.90. The third-order valence-electron chi connectivity index (χ3n) is 3.29. The zero-order valence-corrected chi connectivity index (χ0v) is 14.3. The second kappa shape index (κ2) is 7.40. The van der Waals surface area contributed by atoms with Crippen LogP contribution in [0, 0.1) is 12.3 Å². The van der Waals surface area contributed by atoms with Crippen LogP contribution in [-0.2, 0) is 21.3 Å². The van der Waals surface area contributed by atoms with E-state index < -0.39 is 10.0 Å². The molecule has 7 heteroatoms. The molecule has 0 spiro atoms. The third-order valence-corrected chi connectivity index (χ3v) is 4.80. The van der Waals surface area contributed by atoms with Crippen LogP contribution >= 0.6 is 0 Å². The van der Waals surface area contributed by atoms with Gasteiger partial charge in [0.05, 0.1) is 6.54 Å². The van der Waals surface area contributed by atoms with E-state index in [0.717, 1.165) is 6.42 Å². The molecule has 0 aliphatic heterocycles. The minimum absolute atomic E-state index is 0.172. The summed E-state index contributed by atoms with van der Waals surface area (Å²) in [6.45, 7) is 7.11. The molecule has 0 aliphatic carbocycles. The molecule has 0 bridgehead atoms. The Kier molecular flexibility index (Phi) is 6.40. The Morgan fingerprint density at radius 1 is 1.38 bits per heavy atom. The van der Waals surface area contributed by atoms with E-state index in [9.17, 15) is 8.42 Å². The molecular formula is C14H26N2O4S. The molecule has 21 heavy (non-hydrogen) atoms. The van der Waals surface area contributed by atoms with Gasteiger partial charge >= 0.3 is 0 Å². The summed E-state index contributed by atoms with van der Waals surface area (Å²) in [6, 6.07) is 1.57. The lowest BCUT2D eigenvalue weighted by Gasteiger charge is -2.24. The summed E-state index contributed by atoms with van der Waals surface area (Å²) in [7, 11) is -0.141. The summed E-state index contributed by atoms with van der Waals surface area (Å²) in [5.41, 5.74) is -0.172. The smallest absolute Gasteiger partial charge is 0.244 e. The molecule has 0 saturated carbocycles. The molecule has 0 atom stereocenters. The molecule has 0 aliphatic rings. The molecule has 0 unspecified atom stereocenters. The number of nitrogens with one attached hydrogen (secondary N) is 2. The van der Waals surface area contributed by atoms with Crippen LogP contribution in [0.3, 0.4) is 0 Å². The Balaban J connectivity index is 2.77. The van der Waals surface area contributed by atoms with Crippen LogP contribution in [0.25, 0.3) is 0 Å². The first-order valence-electron chi connectivity index (χ1n) is 6.94. The van der Waals surface area contributed by atoms with Crippen LogP contribution < -0.4 is 10.0 Å². The number of ether oxygens (including phenoxy) is 1. The van der Waals surface area contributed by atoms with Crippen molar-refractivity contribution in [2.45, 2.75) is 38.6 Å². The van der Waals surface area contributed by atoms with Crippen molar-refractivity contribution in [2.24, 2.45) is 5.41 Å². The standard InChI is InChI=1S/C14H26N2O4S/c1-11-13(8-12(20-11)9-15-4)21(17,18)16-10-14(2,3)6-7-19-5/h8,15-16H,6-7,9-10H2,1-5H3. The van der Waals surface area contributed by atoms with E-state index in [4.69, 9.17) is 9.15 Å². The lowest BCUT2D eigenvalue weighted by molar-refractivity contribution is 0.153. The van der Waals surface area contributed by atoms with Gasteiger partial charge in [-0.25, -0.2) is 13.1 Å². The molecule has 6 nitrogen and oxygen atoms in total. The van der Waals surface area contributed by atoms with E-state index in [1.54, 1.807) is 27.1 Å². The Morgan fingerprint density at radius 3 is 2.62 bits per heavy atom. The number of sulfonamides is 1. The van der Waals surface area contributed by atoms with Crippen LogP contribution in [-0.4, -0.2) is 35.7 Å². The maximum absolute atomic E-state index is 12.4. The predicted octanol–water partition coefficient (Wildman–Crippen LogP) is 1.65. The Bertz CT molecular complexity index is 549. The highest BCUT2D eigenvalue weighted by molar-refractivity contribution is 7.89. The summed E-state index contributed by atoms with van der Waals surface area (Å²) < 4.78 is 37.9. The summed E-state index contributed by atoms with van der Waals surface area (Å²) in [5, 5.41) is 2.93. The second-order valence-corrected chi connectivity index (χ2v) is 7.63. The van der Waals surface area contributed by atoms with Crippen molar-refractivity contribution in [3.05, 3.63) is 17.6 Å². The first-order chi connectivity index (χ1) is 9.72. The summed E-state index contributed by atoms with van der Waals surface area (Å²) in [6.07, 6.45) is 0.779. The van der Waals surface area contributed by atoms with E-state index in [-0.39, 0.29) is 10.3 Å². The number of methoxy groups -OCH3 is 1. The Hall–Kier alpha value is -0.890. The van der Waals surface area contributed by atoms with Gasteiger partial charge < -0.3 is 14.5 Å². The molecule has 0 saturated heterocycles. The molecule has 1 heterocycles. The normalized spacial score (nSPS) is 12.8. The van der Waals surface area contributed by atoms with Crippen molar-refractivity contribution < 1.29 is 17.6 Å². The Morgan fingerprint density at radius 2 is 2.05 bits per heavy atom. The molecule has 122 valence electrons. The quantitative estimate of drug-likeness (QED) is 0.723. The van der Waals surface area contributed by atoms with Crippen molar-refractivity contribution in [1.82, 2.24) is 10.0 Å². The minimum Gasteiger partial charge on any atom is -0.464 e. The van der Waals surface area contributed by atoms with Crippen LogP contribution in [0.5, 0.6) is 0 Å². The number of hydrogen-bond acceptors (Lipinski definition) is 5. The van der Waals surface area contributed by atoms with Gasteiger partial charge in [-0.3, -0.25) is 0 Å². The lowest BCUT2D eigenvalue weighted by Crippen LogP contribution is -2.34. The molecular weight excluding hydrogens is 292 g/mol. The monoisotopic (exact) mass is 318 g/mol. The maximum atomic E-state index is 12.4. The van der Waals surface area contributed by atoms with E-state index in [1.807, 2.05) is 13.8 Å². The SMILES string of the molecule is CNCc1cc(S(=O)(=O)NCC(C)(C)CCOC)c(C)o1. The number of hydrogen-bond donors (Lipinski definition) is 2. The number of rotatable bonds is 9. The number of aryl methyl sites for hydroxylation is 1. The zero-order chi connectivity index (χ0) is 16.1. The highest BCUT2D eigenvalue weighted by atomic mass is 32.2. The fraction of sp³-hybridized carbons (Fsp3) is 0.714. The van der Waals surface area contributed by atoms with Crippen molar-refractivity contribution >= 4 is 10.0 Å². The van der Waals surface area contributed by atoms with Crippen LogP contribution in [0.15, 0.2) is 15.4 Å². The van der Waals surface area contributed by atoms with E-state index >= 15 is 0 Å². The molecule has 0 aromatic carbocycles. The summed E-state index contributed by atoms with van der Waals surface area (Å²) >= 11 is 0. The summed E-state index contributed by atoms with van der Waals surface area (Å²) in [5.74, 6) is 1.01. The van der Waals surface area contributed by atoms with Gasteiger partial charge in [0, 0.05) is 26.3 Å². The van der Waals surface area contributed by atoms with Crippen molar-refractivity contribution in [1.29, 1.82) is 0 Å². The molecule has 0 amide bonds. The van der Waals surface area contributed by atoms with Crippen LogP contribution in [0.4, 0.5) is 0 Å². The van der Waals surface area contributed by atoms with Gasteiger partial charge in [0.2, 0.25) is 10.0 Å². The minimum atomic E-state index is -3.56. The van der Waals surface area contributed by atoms with Crippen molar-refractivity contribution in [3.8, 4) is 0 Å². The lowest BCUT2D eigenvalue weighted by atomic mass is 9.90. The van der Waals surface area contributed by atoms with Gasteiger partial charge in [-0.1, -0.05) is 13.8 Å². The maximum Gasteiger partial charge on any atom is 0.244 e. The Labute approximate surface area is 127 Å². The summed E-state index contributed by atoms with van der Waals surface area (Å²) in [4.78, 5) is 0.204. The fourth-order valence-electron chi connectivity index (χ4n) is 1.89. The van der Waals surface area contributed by atoms with Gasteiger partial charge in [-0.05, 0) is 25.8 Å². The van der Waals surface area contributed by atoms with E-state index in [1.165, 1.54) is 0 Å². The van der Waals surface area contributed by atoms with Gasteiger partial charge in [0.15, 0.2) is 0 Å². The van der Waals surface area contributed by atoms with Gasteiger partial charge in [-0.2, -0.15) is 0 Å². The van der Waals surface area contributed by atoms with E-state index in [2.05, 4.69) is 10.0 Å². The molecule has 2 N–H and O–H groups in total. The third kappa shape index (κ3) is 5.43. The first-order valence-corrected chi connectivity index (χ1v) is 8.43. The topological polar surface area (TPSA) is 80.6 Å². The van der Waals surface area contributed by atoms with Crippen LogP contribution in [0.1, 0.15) is 31.8 Å². The van der Waals surface area contributed by atoms with E-state index in [0.29, 0.717) is 31.2 Å². The van der Waals surface area contributed by atoms with Gasteiger partial charge in [0.25, 0.3) is 0 Å². The average molecular weight is 318 g/mol. The van der Waals surface area contributed by atoms with Crippen molar-refractivity contribution in [3.63, 3.8) is 0 Å². The largest absolute Gasteiger partial charge is 0.464 e. The highest BCUT2D eigenvalue weighted by Gasteiger charge is 2.25. The zero-order valence-electron chi connectivity index (χ0n) is 13.4. The number of furan rings is 1. The van der Waals surface area contributed by atoms with Gasteiger partial charge in [0.1, 0.15) is 16.4 Å². The predicted molar refractivity (Wildman–Crippen MR) is 81.7 cm³/mol. The molecule has 0 fully saturated rings. The molecule has 1 aromatic heterocycles.